The summed E-state index contributed by atoms with van der Waals surface area (Å²) in [5.74, 6) is 7.11. The van der Waals surface area contributed by atoms with E-state index in [0.29, 0.717) is 31.6 Å². The Balaban J connectivity index is 2.27. The van der Waals surface area contributed by atoms with Gasteiger partial charge in [0.15, 0.2) is 0 Å². The van der Waals surface area contributed by atoms with E-state index in [9.17, 15) is 0 Å². The molecule has 0 bridgehead atoms. The Hall–Kier alpha value is -1.44. The molecule has 4 N–H and O–H groups in total. The number of morpholine rings is 1. The van der Waals surface area contributed by atoms with Crippen molar-refractivity contribution in [1.29, 1.82) is 0 Å². The lowest BCUT2D eigenvalue weighted by atomic mass is 9.96. The van der Waals surface area contributed by atoms with Gasteiger partial charge in [0.1, 0.15) is 12.0 Å². The minimum Gasteiger partial charge on any atom is -0.386 e. The molecule has 0 spiro atoms. The summed E-state index contributed by atoms with van der Waals surface area (Å²) < 4.78 is 5.35. The molecule has 2 atom stereocenters. The third-order valence-electron chi connectivity index (χ3n) is 3.62. The lowest BCUT2D eigenvalue weighted by Gasteiger charge is -2.36. The van der Waals surface area contributed by atoms with E-state index in [1.165, 1.54) is 0 Å². The van der Waals surface area contributed by atoms with Crippen molar-refractivity contribution in [2.75, 3.05) is 32.8 Å². The van der Waals surface area contributed by atoms with Crippen molar-refractivity contribution in [2.45, 2.75) is 20.0 Å². The van der Waals surface area contributed by atoms with Gasteiger partial charge < -0.3 is 15.4 Å². The van der Waals surface area contributed by atoms with Crippen LogP contribution in [0.15, 0.2) is 22.1 Å². The fourth-order valence-corrected chi connectivity index (χ4v) is 2.43. The number of hydrazine groups is 1. The molecule has 1 saturated heterocycles. The summed E-state index contributed by atoms with van der Waals surface area (Å²) in [4.78, 5) is 11.2. The first kappa shape index (κ1) is 15.0. The second-order valence-corrected chi connectivity index (χ2v) is 5.13. The van der Waals surface area contributed by atoms with Crippen molar-refractivity contribution in [2.24, 2.45) is 27.5 Å². The summed E-state index contributed by atoms with van der Waals surface area (Å²) in [6, 6.07) is 0. The normalized spacial score (nSPS) is 27.3. The van der Waals surface area contributed by atoms with Gasteiger partial charge in [-0.1, -0.05) is 19.1 Å². The highest BCUT2D eigenvalue weighted by atomic mass is 16.5. The van der Waals surface area contributed by atoms with Gasteiger partial charge in [-0.25, -0.2) is 10.0 Å². The Bertz CT molecular complexity index is 427. The highest BCUT2D eigenvalue weighted by molar-refractivity contribution is 5.99. The Kier molecular flexibility index (Phi) is 4.74. The Morgan fingerprint density at radius 1 is 1.50 bits per heavy atom. The molecule has 0 saturated carbocycles. The highest BCUT2D eigenvalue weighted by Crippen LogP contribution is 2.23. The van der Waals surface area contributed by atoms with Gasteiger partial charge in [-0.2, -0.15) is 4.99 Å². The predicted octanol–water partition coefficient (Wildman–Crippen LogP) is -0.241. The zero-order chi connectivity index (χ0) is 14.7. The van der Waals surface area contributed by atoms with Crippen LogP contribution in [0.1, 0.15) is 13.8 Å². The van der Waals surface area contributed by atoms with Gasteiger partial charge in [-0.3, -0.25) is 5.84 Å². The SMILES string of the molecule is C=C(C)C1C(N)=NC(N2CCOCC2)=NC1N(N)CC. The molecule has 112 valence electrons. The number of aliphatic imine (C=N–C) groups is 2. The average Bonchev–Trinajstić information content (AvgIpc) is 2.46. The summed E-state index contributed by atoms with van der Waals surface area (Å²) in [6.07, 6.45) is -0.243. The monoisotopic (exact) mass is 280 g/mol. The maximum absolute atomic E-state index is 6.13. The largest absolute Gasteiger partial charge is 0.386 e. The number of hydrogen-bond donors (Lipinski definition) is 2. The first-order chi connectivity index (χ1) is 9.54. The molecular formula is C13H24N6O. The fourth-order valence-electron chi connectivity index (χ4n) is 2.43. The van der Waals surface area contributed by atoms with Crippen LogP contribution in [0.4, 0.5) is 0 Å². The topological polar surface area (TPSA) is 92.5 Å². The molecule has 0 aromatic carbocycles. The van der Waals surface area contributed by atoms with Crippen LogP contribution in [-0.4, -0.2) is 60.7 Å². The van der Waals surface area contributed by atoms with Gasteiger partial charge in [0.25, 0.3) is 0 Å². The van der Waals surface area contributed by atoms with Crippen LogP contribution in [0.2, 0.25) is 0 Å². The number of nitrogens with two attached hydrogens (primary N) is 2. The van der Waals surface area contributed by atoms with Crippen LogP contribution in [-0.2, 0) is 4.74 Å². The zero-order valence-electron chi connectivity index (χ0n) is 12.2. The van der Waals surface area contributed by atoms with E-state index in [1.54, 1.807) is 5.01 Å². The Morgan fingerprint density at radius 3 is 2.70 bits per heavy atom. The number of ether oxygens (including phenoxy) is 1. The molecule has 0 aromatic heterocycles. The first-order valence-corrected chi connectivity index (χ1v) is 6.96. The van der Waals surface area contributed by atoms with Crippen LogP contribution in [0, 0.1) is 5.92 Å². The molecule has 0 amide bonds. The molecular weight excluding hydrogens is 256 g/mol. The van der Waals surface area contributed by atoms with E-state index >= 15 is 0 Å². The Morgan fingerprint density at radius 2 is 2.15 bits per heavy atom. The molecule has 1 fully saturated rings. The van der Waals surface area contributed by atoms with Crippen molar-refractivity contribution in [3.05, 3.63) is 12.2 Å². The van der Waals surface area contributed by atoms with E-state index in [4.69, 9.17) is 16.3 Å². The van der Waals surface area contributed by atoms with Gasteiger partial charge >= 0.3 is 0 Å². The average molecular weight is 280 g/mol. The van der Waals surface area contributed by atoms with Gasteiger partial charge in [0, 0.05) is 19.6 Å². The number of rotatable bonds is 3. The van der Waals surface area contributed by atoms with Crippen molar-refractivity contribution >= 4 is 11.8 Å². The second kappa shape index (κ2) is 6.34. The van der Waals surface area contributed by atoms with E-state index in [2.05, 4.69) is 21.5 Å². The van der Waals surface area contributed by atoms with E-state index in [0.717, 1.165) is 18.7 Å². The fraction of sp³-hybridized carbons (Fsp3) is 0.692. The van der Waals surface area contributed by atoms with Crippen molar-refractivity contribution in [3.63, 3.8) is 0 Å². The smallest absolute Gasteiger partial charge is 0.224 e. The predicted molar refractivity (Wildman–Crippen MR) is 80.1 cm³/mol. The van der Waals surface area contributed by atoms with E-state index < -0.39 is 0 Å². The lowest BCUT2D eigenvalue weighted by molar-refractivity contribution is 0.0664. The molecule has 0 aromatic rings. The minimum atomic E-state index is -0.243. The van der Waals surface area contributed by atoms with Crippen LogP contribution in [0.5, 0.6) is 0 Å². The molecule has 7 heteroatoms. The summed E-state index contributed by atoms with van der Waals surface area (Å²) in [6.45, 7) is 11.5. The summed E-state index contributed by atoms with van der Waals surface area (Å²) >= 11 is 0. The van der Waals surface area contributed by atoms with E-state index in [-0.39, 0.29) is 12.1 Å². The quantitative estimate of drug-likeness (QED) is 0.423. The minimum absolute atomic E-state index is 0.134. The van der Waals surface area contributed by atoms with Gasteiger partial charge in [0.2, 0.25) is 5.96 Å². The van der Waals surface area contributed by atoms with Crippen LogP contribution >= 0.6 is 0 Å². The second-order valence-electron chi connectivity index (χ2n) is 5.13. The molecule has 7 nitrogen and oxygen atoms in total. The number of amidine groups is 1. The third-order valence-corrected chi connectivity index (χ3v) is 3.62. The maximum Gasteiger partial charge on any atom is 0.224 e. The van der Waals surface area contributed by atoms with Crippen molar-refractivity contribution in [1.82, 2.24) is 9.91 Å². The van der Waals surface area contributed by atoms with Gasteiger partial charge in [0.05, 0.1) is 19.1 Å². The molecule has 20 heavy (non-hydrogen) atoms. The maximum atomic E-state index is 6.13. The summed E-state index contributed by atoms with van der Waals surface area (Å²) in [5.41, 5.74) is 7.05. The molecule has 0 aliphatic carbocycles. The molecule has 2 heterocycles. The molecule has 2 aliphatic rings. The molecule has 2 unspecified atom stereocenters. The van der Waals surface area contributed by atoms with Crippen molar-refractivity contribution in [3.8, 4) is 0 Å². The van der Waals surface area contributed by atoms with Crippen LogP contribution in [0.25, 0.3) is 0 Å². The number of hydrogen-bond acceptors (Lipinski definition) is 7. The number of guanidine groups is 1. The van der Waals surface area contributed by atoms with Crippen molar-refractivity contribution < 1.29 is 4.74 Å². The lowest BCUT2D eigenvalue weighted by Crippen LogP contribution is -2.53. The number of nitrogens with zero attached hydrogens (tertiary/aromatic N) is 4. The first-order valence-electron chi connectivity index (χ1n) is 6.96. The standard InChI is InChI=1S/C13H24N6O/c1-4-19(15)12-10(9(2)3)11(14)16-13(17-12)18-5-7-20-8-6-18/h10,12H,2,4-8,15H2,1,3H3,(H2,14,16,17). The summed E-state index contributed by atoms with van der Waals surface area (Å²) in [5, 5.41) is 1.68. The van der Waals surface area contributed by atoms with Gasteiger partial charge in [-0.15, -0.1) is 0 Å². The Labute approximate surface area is 119 Å². The van der Waals surface area contributed by atoms with Crippen LogP contribution in [0.3, 0.4) is 0 Å². The third kappa shape index (κ3) is 3.00. The molecule has 0 radical (unpaired) electrons. The zero-order valence-corrected chi connectivity index (χ0v) is 12.2. The summed E-state index contributed by atoms with van der Waals surface area (Å²) in [7, 11) is 0. The highest BCUT2D eigenvalue weighted by Gasteiger charge is 2.34. The van der Waals surface area contributed by atoms with E-state index in [1.807, 2.05) is 13.8 Å². The van der Waals surface area contributed by atoms with Crippen LogP contribution < -0.4 is 11.6 Å². The molecule has 2 rings (SSSR count). The molecule has 2 aliphatic heterocycles. The van der Waals surface area contributed by atoms with Gasteiger partial charge in [-0.05, 0) is 6.92 Å².